The van der Waals surface area contributed by atoms with E-state index >= 15 is 0 Å². The molecule has 0 unspecified atom stereocenters. The zero-order chi connectivity index (χ0) is 12.7. The standard InChI is InChI=1S/C13H17NO2S/c1-10(15)8-14-13(16)12(9-17)7-11-5-3-2-4-6-11/h2-6,12,15,17H,1,7-9H2,(H,14,16)/t12-/m0/s1. The summed E-state index contributed by atoms with van der Waals surface area (Å²) in [5, 5.41) is 11.5. The molecule has 1 aromatic rings. The highest BCUT2D eigenvalue weighted by Crippen LogP contribution is 2.10. The number of amides is 1. The Morgan fingerprint density at radius 3 is 2.59 bits per heavy atom. The molecule has 1 amide bonds. The summed E-state index contributed by atoms with van der Waals surface area (Å²) in [6, 6.07) is 9.79. The topological polar surface area (TPSA) is 49.3 Å². The summed E-state index contributed by atoms with van der Waals surface area (Å²) in [5.41, 5.74) is 1.10. The van der Waals surface area contributed by atoms with Crippen molar-refractivity contribution in [2.45, 2.75) is 6.42 Å². The highest BCUT2D eigenvalue weighted by Gasteiger charge is 2.16. The van der Waals surface area contributed by atoms with Crippen LogP contribution >= 0.6 is 12.6 Å². The van der Waals surface area contributed by atoms with Crippen molar-refractivity contribution in [3.05, 3.63) is 48.2 Å². The molecule has 0 aliphatic rings. The van der Waals surface area contributed by atoms with Gasteiger partial charge in [-0.3, -0.25) is 4.79 Å². The van der Waals surface area contributed by atoms with Gasteiger partial charge >= 0.3 is 0 Å². The van der Waals surface area contributed by atoms with Gasteiger partial charge in [-0.25, -0.2) is 0 Å². The first-order chi connectivity index (χ1) is 8.13. The van der Waals surface area contributed by atoms with Crippen LogP contribution in [0.2, 0.25) is 0 Å². The molecule has 0 heterocycles. The average molecular weight is 251 g/mol. The molecule has 0 aliphatic carbocycles. The molecule has 0 fully saturated rings. The van der Waals surface area contributed by atoms with Gasteiger partial charge in [0.15, 0.2) is 0 Å². The van der Waals surface area contributed by atoms with Gasteiger partial charge in [0, 0.05) is 5.75 Å². The molecule has 1 rings (SSSR count). The first kappa shape index (κ1) is 13.6. The van der Waals surface area contributed by atoms with Crippen LogP contribution in [-0.4, -0.2) is 23.3 Å². The van der Waals surface area contributed by atoms with Crippen LogP contribution in [0.25, 0.3) is 0 Å². The minimum Gasteiger partial charge on any atom is -0.511 e. The second-order valence-electron chi connectivity index (χ2n) is 3.85. The van der Waals surface area contributed by atoms with Crippen molar-refractivity contribution in [2.24, 2.45) is 5.92 Å². The van der Waals surface area contributed by atoms with E-state index in [1.807, 2.05) is 30.3 Å². The van der Waals surface area contributed by atoms with E-state index in [9.17, 15) is 4.79 Å². The fourth-order valence-electron chi connectivity index (χ4n) is 1.47. The van der Waals surface area contributed by atoms with Crippen LogP contribution in [0.4, 0.5) is 0 Å². The molecule has 92 valence electrons. The number of carbonyl (C=O) groups excluding carboxylic acids is 1. The van der Waals surface area contributed by atoms with Gasteiger partial charge in [-0.15, -0.1) is 0 Å². The van der Waals surface area contributed by atoms with E-state index in [4.69, 9.17) is 5.11 Å². The third-order valence-electron chi connectivity index (χ3n) is 2.38. The number of aliphatic hydroxyl groups excluding tert-OH is 1. The van der Waals surface area contributed by atoms with Crippen LogP contribution in [0, 0.1) is 5.92 Å². The maximum atomic E-state index is 11.8. The van der Waals surface area contributed by atoms with Crippen molar-refractivity contribution >= 4 is 18.5 Å². The van der Waals surface area contributed by atoms with E-state index in [0.29, 0.717) is 12.2 Å². The van der Waals surface area contributed by atoms with Crippen LogP contribution in [0.15, 0.2) is 42.7 Å². The van der Waals surface area contributed by atoms with Crippen molar-refractivity contribution < 1.29 is 9.90 Å². The monoisotopic (exact) mass is 251 g/mol. The van der Waals surface area contributed by atoms with Crippen molar-refractivity contribution in [3.63, 3.8) is 0 Å². The van der Waals surface area contributed by atoms with E-state index < -0.39 is 0 Å². The molecule has 0 aromatic heterocycles. The molecule has 0 aliphatic heterocycles. The fourth-order valence-corrected chi connectivity index (χ4v) is 1.77. The van der Waals surface area contributed by atoms with Crippen molar-refractivity contribution in [1.82, 2.24) is 5.32 Å². The molecular weight excluding hydrogens is 234 g/mol. The lowest BCUT2D eigenvalue weighted by Gasteiger charge is -2.14. The Morgan fingerprint density at radius 1 is 1.41 bits per heavy atom. The lowest BCUT2D eigenvalue weighted by atomic mass is 10.0. The summed E-state index contributed by atoms with van der Waals surface area (Å²) in [7, 11) is 0. The zero-order valence-corrected chi connectivity index (χ0v) is 10.5. The Morgan fingerprint density at radius 2 is 2.06 bits per heavy atom. The highest BCUT2D eigenvalue weighted by atomic mass is 32.1. The maximum Gasteiger partial charge on any atom is 0.224 e. The van der Waals surface area contributed by atoms with Crippen LogP contribution < -0.4 is 5.32 Å². The first-order valence-corrected chi connectivity index (χ1v) is 6.06. The molecule has 0 spiro atoms. The smallest absolute Gasteiger partial charge is 0.224 e. The Labute approximate surface area is 107 Å². The number of hydrogen-bond donors (Lipinski definition) is 3. The van der Waals surface area contributed by atoms with E-state index in [1.165, 1.54) is 0 Å². The number of carbonyl (C=O) groups is 1. The summed E-state index contributed by atoms with van der Waals surface area (Å²) >= 11 is 4.18. The van der Waals surface area contributed by atoms with Gasteiger partial charge < -0.3 is 10.4 Å². The number of hydrogen-bond acceptors (Lipinski definition) is 3. The van der Waals surface area contributed by atoms with E-state index in [2.05, 4.69) is 24.5 Å². The van der Waals surface area contributed by atoms with Gasteiger partial charge in [0.1, 0.15) is 5.76 Å². The third kappa shape index (κ3) is 4.95. The summed E-state index contributed by atoms with van der Waals surface area (Å²) in [6.45, 7) is 3.41. The molecule has 4 heteroatoms. The molecule has 3 nitrogen and oxygen atoms in total. The van der Waals surface area contributed by atoms with Crippen molar-refractivity contribution in [2.75, 3.05) is 12.3 Å². The lowest BCUT2D eigenvalue weighted by Crippen LogP contribution is -2.34. The van der Waals surface area contributed by atoms with E-state index in [-0.39, 0.29) is 24.1 Å². The van der Waals surface area contributed by atoms with Gasteiger partial charge in [-0.2, -0.15) is 12.6 Å². The third-order valence-corrected chi connectivity index (χ3v) is 2.82. The lowest BCUT2D eigenvalue weighted by molar-refractivity contribution is -0.124. The summed E-state index contributed by atoms with van der Waals surface area (Å²) in [5.74, 6) is 0.119. The second-order valence-corrected chi connectivity index (χ2v) is 4.22. The number of rotatable bonds is 6. The SMILES string of the molecule is C=C(O)CNC(=O)[C@H](CS)Cc1ccccc1. The molecule has 1 aromatic carbocycles. The Kier molecular flexibility index (Phi) is 5.63. The van der Waals surface area contributed by atoms with Gasteiger partial charge in [0.25, 0.3) is 0 Å². The van der Waals surface area contributed by atoms with Gasteiger partial charge in [0.05, 0.1) is 12.5 Å². The van der Waals surface area contributed by atoms with Crippen LogP contribution in [-0.2, 0) is 11.2 Å². The summed E-state index contributed by atoms with van der Waals surface area (Å²) < 4.78 is 0. The Balaban J connectivity index is 2.53. The Hall–Kier alpha value is -1.42. The maximum absolute atomic E-state index is 11.8. The average Bonchev–Trinajstić information content (AvgIpc) is 2.34. The quantitative estimate of drug-likeness (QED) is 0.535. The number of thiol groups is 1. The molecule has 1 atom stereocenters. The predicted octanol–water partition coefficient (Wildman–Crippen LogP) is 1.96. The molecule has 17 heavy (non-hydrogen) atoms. The van der Waals surface area contributed by atoms with Crippen molar-refractivity contribution in [3.8, 4) is 0 Å². The Bertz CT molecular complexity index is 378. The van der Waals surface area contributed by atoms with Crippen LogP contribution in [0.3, 0.4) is 0 Å². The van der Waals surface area contributed by atoms with Gasteiger partial charge in [-0.05, 0) is 12.0 Å². The zero-order valence-electron chi connectivity index (χ0n) is 9.60. The molecule has 0 saturated heterocycles. The number of benzene rings is 1. The van der Waals surface area contributed by atoms with Gasteiger partial charge in [-0.1, -0.05) is 36.9 Å². The predicted molar refractivity (Wildman–Crippen MR) is 72.3 cm³/mol. The fraction of sp³-hybridized carbons (Fsp3) is 0.308. The number of nitrogens with one attached hydrogen (secondary N) is 1. The molecular formula is C13H17NO2S. The second kappa shape index (κ2) is 7.01. The molecule has 0 bridgehead atoms. The summed E-state index contributed by atoms with van der Waals surface area (Å²) in [4.78, 5) is 11.8. The van der Waals surface area contributed by atoms with E-state index in [1.54, 1.807) is 0 Å². The van der Waals surface area contributed by atoms with E-state index in [0.717, 1.165) is 5.56 Å². The number of aliphatic hydroxyl groups is 1. The molecule has 0 radical (unpaired) electrons. The minimum atomic E-state index is -0.194. The largest absolute Gasteiger partial charge is 0.511 e. The van der Waals surface area contributed by atoms with Gasteiger partial charge in [0.2, 0.25) is 5.91 Å². The van der Waals surface area contributed by atoms with Crippen molar-refractivity contribution in [1.29, 1.82) is 0 Å². The minimum absolute atomic E-state index is 0.0454. The molecule has 0 saturated carbocycles. The molecule has 2 N–H and O–H groups in total. The van der Waals surface area contributed by atoms with Crippen LogP contribution in [0.5, 0.6) is 0 Å². The first-order valence-electron chi connectivity index (χ1n) is 5.42. The summed E-state index contributed by atoms with van der Waals surface area (Å²) in [6.07, 6.45) is 0.647. The highest BCUT2D eigenvalue weighted by molar-refractivity contribution is 7.80. The van der Waals surface area contributed by atoms with Crippen LogP contribution in [0.1, 0.15) is 5.56 Å². The normalized spacial score (nSPS) is 11.8.